The minimum atomic E-state index is -1.47. The summed E-state index contributed by atoms with van der Waals surface area (Å²) in [5.41, 5.74) is 4.64. The van der Waals surface area contributed by atoms with Gasteiger partial charge in [0.2, 0.25) is 23.6 Å². The van der Waals surface area contributed by atoms with Gasteiger partial charge in [-0.05, 0) is 111 Å². The quantitative estimate of drug-likeness (QED) is 0.133. The number of nitrogens with one attached hydrogen (secondary N) is 3. The first-order valence-electron chi connectivity index (χ1n) is 22.8. The van der Waals surface area contributed by atoms with Crippen LogP contribution < -0.4 is 21.7 Å². The number of rotatable bonds is 18. The minimum Gasteiger partial charge on any atom is -0.480 e. The number of carbonyl (C=O) groups is 7. The van der Waals surface area contributed by atoms with Crippen molar-refractivity contribution in [2.75, 3.05) is 32.7 Å². The van der Waals surface area contributed by atoms with Crippen molar-refractivity contribution in [2.24, 2.45) is 5.73 Å². The van der Waals surface area contributed by atoms with Gasteiger partial charge in [-0.3, -0.25) is 28.9 Å². The van der Waals surface area contributed by atoms with Crippen LogP contribution in [0.2, 0.25) is 0 Å². The Morgan fingerprint density at radius 2 is 1.48 bits per heavy atom. The van der Waals surface area contributed by atoms with E-state index in [9.17, 15) is 38.7 Å². The van der Waals surface area contributed by atoms with Crippen LogP contribution in [0.3, 0.4) is 0 Å². The number of nitrogens with zero attached hydrogens (tertiary/aromatic N) is 3. The van der Waals surface area contributed by atoms with Gasteiger partial charge >= 0.3 is 18.2 Å². The maximum Gasteiger partial charge on any atom is 0.410 e. The SMILES string of the molecule is CC1C[C@@H](NC(=O)C(Cc2ccccc2)NC(=O)CN(CC2(c3ccccc3)CC2)C(=O)OC(C)(C)C)C(=O)N1C(CCCCNC(=O)OC(C)(C)C)C(=O)N1CCC(N)(C(=O)O)CC1. The highest BCUT2D eigenvalue weighted by Gasteiger charge is 2.49. The van der Waals surface area contributed by atoms with E-state index in [1.165, 1.54) is 9.80 Å². The van der Waals surface area contributed by atoms with E-state index in [2.05, 4.69) is 16.0 Å². The summed E-state index contributed by atoms with van der Waals surface area (Å²) in [5, 5.41) is 18.1. The number of amides is 6. The number of carbonyl (C=O) groups excluding carboxylic acids is 6. The number of benzene rings is 2. The molecule has 17 heteroatoms. The van der Waals surface area contributed by atoms with Gasteiger partial charge in [-0.15, -0.1) is 0 Å². The van der Waals surface area contributed by atoms with Crippen molar-refractivity contribution in [1.82, 2.24) is 30.7 Å². The molecule has 0 radical (unpaired) electrons. The van der Waals surface area contributed by atoms with Gasteiger partial charge in [0.25, 0.3) is 0 Å². The third kappa shape index (κ3) is 14.1. The molecule has 2 aliphatic heterocycles. The third-order valence-electron chi connectivity index (χ3n) is 12.2. The second-order valence-electron chi connectivity index (χ2n) is 19.9. The van der Waals surface area contributed by atoms with Crippen LogP contribution in [0.5, 0.6) is 0 Å². The number of carboxylic acids is 1. The average Bonchev–Trinajstić information content (AvgIpc) is 3.96. The summed E-state index contributed by atoms with van der Waals surface area (Å²) in [4.78, 5) is 99.2. The predicted octanol–water partition coefficient (Wildman–Crippen LogP) is 4.26. The second kappa shape index (κ2) is 21.1. The van der Waals surface area contributed by atoms with E-state index >= 15 is 0 Å². The number of ether oxygens (including phenoxy) is 2. The molecule has 1 saturated carbocycles. The lowest BCUT2D eigenvalue weighted by atomic mass is 9.88. The van der Waals surface area contributed by atoms with Crippen LogP contribution in [0.1, 0.15) is 111 Å². The number of hydrogen-bond acceptors (Lipinski definition) is 10. The van der Waals surface area contributed by atoms with Crippen LogP contribution in [0.25, 0.3) is 0 Å². The Balaban J connectivity index is 1.31. The first-order valence-corrected chi connectivity index (χ1v) is 22.8. The molecule has 1 aliphatic carbocycles. The summed E-state index contributed by atoms with van der Waals surface area (Å²) < 4.78 is 11.1. The van der Waals surface area contributed by atoms with Crippen molar-refractivity contribution in [1.29, 1.82) is 0 Å². The molecule has 5 rings (SSSR count). The summed E-state index contributed by atoms with van der Waals surface area (Å²) in [5.74, 6) is -3.16. The monoisotopic (exact) mass is 904 g/mol. The van der Waals surface area contributed by atoms with Crippen LogP contribution in [0, 0.1) is 0 Å². The number of alkyl carbamates (subject to hydrolysis) is 1. The largest absolute Gasteiger partial charge is 0.480 e. The van der Waals surface area contributed by atoms with Crippen molar-refractivity contribution in [3.63, 3.8) is 0 Å². The Kier molecular flexibility index (Phi) is 16.3. The summed E-state index contributed by atoms with van der Waals surface area (Å²) in [6.07, 6.45) is 1.95. The van der Waals surface area contributed by atoms with Crippen molar-refractivity contribution in [3.8, 4) is 0 Å². The Bertz CT molecular complexity index is 2010. The average molecular weight is 904 g/mol. The molecule has 2 aromatic carbocycles. The van der Waals surface area contributed by atoms with Crippen LogP contribution in [0.15, 0.2) is 60.7 Å². The maximum atomic E-state index is 14.4. The highest BCUT2D eigenvalue weighted by atomic mass is 16.6. The van der Waals surface area contributed by atoms with Gasteiger partial charge in [-0.2, -0.15) is 0 Å². The van der Waals surface area contributed by atoms with Gasteiger partial charge in [0.05, 0.1) is 0 Å². The van der Waals surface area contributed by atoms with Crippen molar-refractivity contribution in [3.05, 3.63) is 71.8 Å². The van der Waals surface area contributed by atoms with Gasteiger partial charge in [-0.25, -0.2) is 9.59 Å². The zero-order valence-corrected chi connectivity index (χ0v) is 39.0. The Labute approximate surface area is 382 Å². The molecule has 356 valence electrons. The number of likely N-dealkylation sites (tertiary alicyclic amines) is 2. The standard InChI is InChI=1S/C48H69N7O10/c1-32-28-36(40(58)55(32)37(20-14-15-25-50-43(62)64-45(2,3)4)41(59)53-26-23-48(49,24-27-53)42(60)61)52-39(57)35(29-33-16-10-8-11-17-33)51-38(56)30-54(44(63)65-46(5,6)7)31-47(21-22-47)34-18-12-9-13-19-34/h8-13,16-19,32,35-37H,14-15,20-31,49H2,1-7H3,(H,50,62)(H,51,56)(H,52,57)(H,60,61)/t32?,35?,36-,37?/m1/s1. The normalized spacial score (nSPS) is 19.9. The van der Waals surface area contributed by atoms with E-state index in [-0.39, 0.29) is 76.2 Å². The first kappa shape index (κ1) is 50.3. The number of nitrogens with two attached hydrogens (primary N) is 1. The minimum absolute atomic E-state index is 0.0424. The van der Waals surface area contributed by atoms with E-state index in [1.807, 2.05) is 60.7 Å². The van der Waals surface area contributed by atoms with Crippen LogP contribution in [0.4, 0.5) is 9.59 Å². The molecule has 2 aromatic rings. The molecule has 3 aliphatic rings. The Hall–Kier alpha value is -5.71. The molecule has 2 saturated heterocycles. The van der Waals surface area contributed by atoms with E-state index in [1.54, 1.807) is 53.4 Å². The van der Waals surface area contributed by atoms with E-state index in [4.69, 9.17) is 15.2 Å². The van der Waals surface area contributed by atoms with Gasteiger partial charge in [-0.1, -0.05) is 60.7 Å². The lowest BCUT2D eigenvalue weighted by Crippen LogP contribution is -2.60. The van der Waals surface area contributed by atoms with E-state index in [0.29, 0.717) is 12.8 Å². The molecular formula is C48H69N7O10. The summed E-state index contributed by atoms with van der Waals surface area (Å²) in [6, 6.07) is 15.4. The van der Waals surface area contributed by atoms with Gasteiger partial charge < -0.3 is 46.1 Å². The highest BCUT2D eigenvalue weighted by molar-refractivity contribution is 5.96. The van der Waals surface area contributed by atoms with E-state index in [0.717, 1.165) is 24.0 Å². The summed E-state index contributed by atoms with van der Waals surface area (Å²) in [7, 11) is 0. The Morgan fingerprint density at radius 3 is 2.05 bits per heavy atom. The lowest BCUT2D eigenvalue weighted by molar-refractivity contribution is -0.151. The topological polar surface area (TPSA) is 230 Å². The van der Waals surface area contributed by atoms with Crippen molar-refractivity contribution in [2.45, 2.75) is 153 Å². The van der Waals surface area contributed by atoms with Crippen molar-refractivity contribution >= 4 is 41.8 Å². The van der Waals surface area contributed by atoms with Crippen LogP contribution in [-0.4, -0.2) is 135 Å². The molecule has 0 aromatic heterocycles. The smallest absolute Gasteiger partial charge is 0.410 e. The molecule has 4 atom stereocenters. The molecule has 3 fully saturated rings. The maximum absolute atomic E-state index is 14.4. The molecule has 6 amide bonds. The van der Waals surface area contributed by atoms with Crippen LogP contribution in [-0.2, 0) is 45.3 Å². The molecule has 0 bridgehead atoms. The predicted molar refractivity (Wildman–Crippen MR) is 242 cm³/mol. The number of aliphatic carboxylic acids is 1. The molecule has 6 N–H and O–H groups in total. The first-order chi connectivity index (χ1) is 30.5. The molecular weight excluding hydrogens is 835 g/mol. The molecule has 2 heterocycles. The van der Waals surface area contributed by atoms with Crippen molar-refractivity contribution < 1.29 is 48.1 Å². The fourth-order valence-corrected chi connectivity index (χ4v) is 8.54. The van der Waals surface area contributed by atoms with Gasteiger partial charge in [0.15, 0.2) is 0 Å². The number of carboxylic acid groups (broad SMARTS) is 1. The number of unbranched alkanes of at least 4 members (excludes halogenated alkanes) is 1. The number of hydrogen-bond donors (Lipinski definition) is 5. The fraction of sp³-hybridized carbons (Fsp3) is 0.604. The Morgan fingerprint density at radius 1 is 0.877 bits per heavy atom. The summed E-state index contributed by atoms with van der Waals surface area (Å²) >= 11 is 0. The van der Waals surface area contributed by atoms with Gasteiger partial charge in [0, 0.05) is 44.1 Å². The third-order valence-corrected chi connectivity index (χ3v) is 12.2. The summed E-state index contributed by atoms with van der Waals surface area (Å²) in [6.45, 7) is 12.7. The second-order valence-corrected chi connectivity index (χ2v) is 19.9. The molecule has 3 unspecified atom stereocenters. The fourth-order valence-electron chi connectivity index (χ4n) is 8.54. The lowest BCUT2D eigenvalue weighted by Gasteiger charge is -2.40. The molecule has 65 heavy (non-hydrogen) atoms. The zero-order chi connectivity index (χ0) is 47.7. The number of piperidine rings is 1. The molecule has 0 spiro atoms. The molecule has 17 nitrogen and oxygen atoms in total. The highest BCUT2D eigenvalue weighted by Crippen LogP contribution is 2.48. The van der Waals surface area contributed by atoms with E-state index < -0.39 is 76.8 Å². The van der Waals surface area contributed by atoms with Crippen LogP contribution >= 0.6 is 0 Å². The zero-order valence-electron chi connectivity index (χ0n) is 39.0. The van der Waals surface area contributed by atoms with Gasteiger partial charge in [0.1, 0.15) is 41.4 Å².